The quantitative estimate of drug-likeness (QED) is 0.408. The molecule has 0 fully saturated rings. The smallest absolute Gasteiger partial charge is 0.182 e. The van der Waals surface area contributed by atoms with Gasteiger partial charge in [-0.2, -0.15) is 5.10 Å². The summed E-state index contributed by atoms with van der Waals surface area (Å²) in [5, 5.41) is 51.2. The minimum absolute atomic E-state index is 0.0218. The number of aliphatic hydroxyl groups is 5. The Kier molecular flexibility index (Phi) is 4.48. The van der Waals surface area contributed by atoms with E-state index in [0.717, 1.165) is 25.1 Å². The van der Waals surface area contributed by atoms with Crippen molar-refractivity contribution < 1.29 is 25.5 Å². The molecule has 0 aliphatic carbocycles. The van der Waals surface area contributed by atoms with Crippen LogP contribution in [0, 0.1) is 0 Å². The Morgan fingerprint density at radius 3 is 2.47 bits per heavy atom. The zero-order valence-electron chi connectivity index (χ0n) is 10.4. The lowest BCUT2D eigenvalue weighted by molar-refractivity contribution is -0.118. The van der Waals surface area contributed by atoms with Gasteiger partial charge in [-0.15, -0.1) is 0 Å². The van der Waals surface area contributed by atoms with Crippen LogP contribution in [0.2, 0.25) is 0 Å². The standard InChI is InChI=1S/C11H19N3O5/c15-5-6(16)8(17)9(18)10(19)11-12-7-3-1-2-4-14(7)13-11/h6,8-10,15-19H,1-5H2/t6-,8-,9+,10?/m1/s1. The lowest BCUT2D eigenvalue weighted by Crippen LogP contribution is -2.42. The van der Waals surface area contributed by atoms with Crippen molar-refractivity contribution in [2.24, 2.45) is 0 Å². The summed E-state index contributed by atoms with van der Waals surface area (Å²) in [4.78, 5) is 4.13. The summed E-state index contributed by atoms with van der Waals surface area (Å²) in [6, 6.07) is 0. The zero-order valence-corrected chi connectivity index (χ0v) is 10.4. The minimum atomic E-state index is -1.67. The van der Waals surface area contributed by atoms with E-state index in [1.807, 2.05) is 0 Å². The molecule has 5 N–H and O–H groups in total. The maximum Gasteiger partial charge on any atom is 0.182 e. The van der Waals surface area contributed by atoms with Crippen molar-refractivity contribution in [3.63, 3.8) is 0 Å². The Bertz CT molecular complexity index is 401. The van der Waals surface area contributed by atoms with Gasteiger partial charge in [0.25, 0.3) is 0 Å². The second-order valence-electron chi connectivity index (χ2n) is 4.74. The highest BCUT2D eigenvalue weighted by Gasteiger charge is 2.33. The van der Waals surface area contributed by atoms with E-state index in [2.05, 4.69) is 10.1 Å². The predicted octanol–water partition coefficient (Wildman–Crippen LogP) is -2.28. The van der Waals surface area contributed by atoms with Gasteiger partial charge in [-0.3, -0.25) is 0 Å². The molecule has 1 aliphatic heterocycles. The number of hydrogen-bond acceptors (Lipinski definition) is 7. The molecular weight excluding hydrogens is 254 g/mol. The van der Waals surface area contributed by atoms with Crippen LogP contribution in [0.5, 0.6) is 0 Å². The molecule has 1 unspecified atom stereocenters. The first kappa shape index (κ1) is 14.4. The zero-order chi connectivity index (χ0) is 14.0. The van der Waals surface area contributed by atoms with Crippen molar-refractivity contribution >= 4 is 0 Å². The highest BCUT2D eigenvalue weighted by Crippen LogP contribution is 2.20. The Labute approximate surface area is 110 Å². The molecule has 1 aromatic heterocycles. The van der Waals surface area contributed by atoms with E-state index >= 15 is 0 Å². The van der Waals surface area contributed by atoms with Gasteiger partial charge in [-0.25, -0.2) is 9.67 Å². The van der Waals surface area contributed by atoms with Gasteiger partial charge in [0, 0.05) is 13.0 Å². The van der Waals surface area contributed by atoms with E-state index in [4.69, 9.17) is 5.11 Å². The van der Waals surface area contributed by atoms with Crippen LogP contribution in [0.25, 0.3) is 0 Å². The summed E-state index contributed by atoms with van der Waals surface area (Å²) in [7, 11) is 0. The summed E-state index contributed by atoms with van der Waals surface area (Å²) < 4.78 is 1.67. The largest absolute Gasteiger partial charge is 0.394 e. The molecule has 0 spiro atoms. The van der Waals surface area contributed by atoms with Crippen molar-refractivity contribution in [1.29, 1.82) is 0 Å². The fraction of sp³-hybridized carbons (Fsp3) is 0.818. The molecule has 8 nitrogen and oxygen atoms in total. The van der Waals surface area contributed by atoms with E-state index in [1.165, 1.54) is 0 Å². The third-order valence-electron chi connectivity index (χ3n) is 3.30. The molecule has 0 bridgehead atoms. The van der Waals surface area contributed by atoms with Crippen molar-refractivity contribution in [3.8, 4) is 0 Å². The molecule has 0 saturated carbocycles. The lowest BCUT2D eigenvalue weighted by Gasteiger charge is -2.23. The summed E-state index contributed by atoms with van der Waals surface area (Å²) in [5.41, 5.74) is 0. The topological polar surface area (TPSA) is 132 Å². The average Bonchev–Trinajstić information content (AvgIpc) is 2.87. The number of fused-ring (bicyclic) bond motifs is 1. The summed E-state index contributed by atoms with van der Waals surface area (Å²) in [5.74, 6) is 0.762. The third kappa shape index (κ3) is 2.93. The van der Waals surface area contributed by atoms with Gasteiger partial charge in [-0.1, -0.05) is 0 Å². The Hall–Kier alpha value is -1.06. The molecule has 1 aromatic rings. The van der Waals surface area contributed by atoms with Crippen LogP contribution in [0.3, 0.4) is 0 Å². The predicted molar refractivity (Wildman–Crippen MR) is 63.0 cm³/mol. The van der Waals surface area contributed by atoms with Gasteiger partial charge >= 0.3 is 0 Å². The number of aromatic nitrogens is 3. The second-order valence-corrected chi connectivity index (χ2v) is 4.74. The van der Waals surface area contributed by atoms with Gasteiger partial charge in [0.1, 0.15) is 30.2 Å². The SMILES string of the molecule is OC[C@@H](O)[C@@H](O)[C@H](O)C(O)c1nc2n(n1)CCCC2. The maximum atomic E-state index is 9.91. The molecule has 108 valence electrons. The van der Waals surface area contributed by atoms with Gasteiger partial charge in [0.05, 0.1) is 6.61 Å². The monoisotopic (exact) mass is 273 g/mol. The number of rotatable bonds is 5. The van der Waals surface area contributed by atoms with Gasteiger partial charge in [-0.05, 0) is 12.8 Å². The molecule has 8 heteroatoms. The lowest BCUT2D eigenvalue weighted by atomic mass is 10.0. The summed E-state index contributed by atoms with van der Waals surface area (Å²) in [6.07, 6.45) is -3.61. The normalized spacial score (nSPS) is 21.5. The Balaban J connectivity index is 2.10. The highest BCUT2D eigenvalue weighted by molar-refractivity contribution is 5.01. The molecule has 4 atom stereocenters. The number of nitrogens with zero attached hydrogens (tertiary/aromatic N) is 3. The van der Waals surface area contributed by atoms with Crippen LogP contribution in [-0.4, -0.2) is 65.2 Å². The van der Waals surface area contributed by atoms with E-state index in [1.54, 1.807) is 4.68 Å². The van der Waals surface area contributed by atoms with Gasteiger partial charge in [0.2, 0.25) is 0 Å². The summed E-state index contributed by atoms with van der Waals surface area (Å²) in [6.45, 7) is 0.00499. The molecule has 2 heterocycles. The third-order valence-corrected chi connectivity index (χ3v) is 3.30. The molecule has 0 saturated heterocycles. The first-order valence-electron chi connectivity index (χ1n) is 6.31. The van der Waals surface area contributed by atoms with E-state index in [9.17, 15) is 20.4 Å². The van der Waals surface area contributed by atoms with Crippen molar-refractivity contribution in [1.82, 2.24) is 14.8 Å². The van der Waals surface area contributed by atoms with Crippen LogP contribution < -0.4 is 0 Å². The average molecular weight is 273 g/mol. The van der Waals surface area contributed by atoms with Gasteiger partial charge < -0.3 is 25.5 Å². The van der Waals surface area contributed by atoms with Crippen LogP contribution in [0.1, 0.15) is 30.6 Å². The van der Waals surface area contributed by atoms with Crippen LogP contribution >= 0.6 is 0 Å². The first-order chi connectivity index (χ1) is 9.04. The molecule has 0 amide bonds. The van der Waals surface area contributed by atoms with Crippen LogP contribution in [0.15, 0.2) is 0 Å². The van der Waals surface area contributed by atoms with Gasteiger partial charge in [0.15, 0.2) is 5.82 Å². The molecule has 0 aromatic carbocycles. The summed E-state index contributed by atoms with van der Waals surface area (Å²) >= 11 is 0. The second kappa shape index (κ2) is 5.93. The first-order valence-corrected chi connectivity index (χ1v) is 6.31. The number of aliphatic hydroxyl groups excluding tert-OH is 5. The molecule has 0 radical (unpaired) electrons. The Morgan fingerprint density at radius 2 is 1.84 bits per heavy atom. The Morgan fingerprint density at radius 1 is 1.11 bits per heavy atom. The van der Waals surface area contributed by atoms with Crippen molar-refractivity contribution in [3.05, 3.63) is 11.6 Å². The van der Waals surface area contributed by atoms with Crippen LogP contribution in [-0.2, 0) is 13.0 Å². The molecular formula is C11H19N3O5. The minimum Gasteiger partial charge on any atom is -0.394 e. The fourth-order valence-corrected chi connectivity index (χ4v) is 2.10. The van der Waals surface area contributed by atoms with E-state index in [-0.39, 0.29) is 5.82 Å². The molecule has 2 rings (SSSR count). The van der Waals surface area contributed by atoms with Crippen molar-refractivity contribution in [2.45, 2.75) is 50.2 Å². The molecule has 1 aliphatic rings. The highest BCUT2D eigenvalue weighted by atomic mass is 16.4. The number of aryl methyl sites for hydroxylation is 2. The maximum absolute atomic E-state index is 9.91. The number of hydrogen-bond donors (Lipinski definition) is 5. The fourth-order valence-electron chi connectivity index (χ4n) is 2.10. The molecule has 19 heavy (non-hydrogen) atoms. The van der Waals surface area contributed by atoms with Crippen molar-refractivity contribution in [2.75, 3.05) is 6.61 Å². The van der Waals surface area contributed by atoms with E-state index < -0.39 is 31.0 Å². The van der Waals surface area contributed by atoms with Crippen LogP contribution in [0.4, 0.5) is 0 Å². The van der Waals surface area contributed by atoms with E-state index in [0.29, 0.717) is 6.54 Å².